The van der Waals surface area contributed by atoms with E-state index >= 15 is 0 Å². The lowest BCUT2D eigenvalue weighted by atomic mass is 9.86. The van der Waals surface area contributed by atoms with Crippen molar-refractivity contribution in [1.82, 2.24) is 10.3 Å². The van der Waals surface area contributed by atoms with E-state index in [-0.39, 0.29) is 23.6 Å². The maximum atomic E-state index is 12.4. The van der Waals surface area contributed by atoms with Crippen molar-refractivity contribution in [2.75, 3.05) is 0 Å². The summed E-state index contributed by atoms with van der Waals surface area (Å²) in [6, 6.07) is 11.2. The first-order valence-corrected chi connectivity index (χ1v) is 9.41. The maximum absolute atomic E-state index is 12.4. The average Bonchev–Trinajstić information content (AvgIpc) is 3.29. The number of carbonyl (C=O) groups excluding carboxylic acids is 1. The number of fused-ring (bicyclic) bond motifs is 1. The number of nitrogens with zero attached hydrogens (tertiary/aromatic N) is 1. The van der Waals surface area contributed by atoms with E-state index in [1.165, 1.54) is 11.3 Å². The Kier molecular flexibility index (Phi) is 4.46. The van der Waals surface area contributed by atoms with E-state index in [0.717, 1.165) is 15.2 Å². The van der Waals surface area contributed by atoms with E-state index in [1.807, 2.05) is 24.3 Å². The molecule has 0 saturated heterocycles. The molecular weight excluding hydrogens is 352 g/mol. The summed E-state index contributed by atoms with van der Waals surface area (Å²) in [7, 11) is 0. The van der Waals surface area contributed by atoms with Gasteiger partial charge >= 0.3 is 5.97 Å². The summed E-state index contributed by atoms with van der Waals surface area (Å²) >= 11 is 1.52. The van der Waals surface area contributed by atoms with E-state index < -0.39 is 5.97 Å². The molecule has 2 N–H and O–H groups in total. The lowest BCUT2D eigenvalue weighted by Gasteiger charge is -2.26. The summed E-state index contributed by atoms with van der Waals surface area (Å²) in [5.41, 5.74) is 0.907. The molecule has 6 nitrogen and oxygen atoms in total. The number of rotatable bonds is 4. The van der Waals surface area contributed by atoms with Crippen LogP contribution in [0.5, 0.6) is 0 Å². The van der Waals surface area contributed by atoms with Crippen molar-refractivity contribution in [3.8, 4) is 10.8 Å². The monoisotopic (exact) mass is 370 g/mol. The van der Waals surface area contributed by atoms with E-state index in [4.69, 9.17) is 9.52 Å². The molecule has 1 fully saturated rings. The van der Waals surface area contributed by atoms with Crippen LogP contribution in [0.1, 0.15) is 36.2 Å². The molecule has 4 rings (SSSR count). The summed E-state index contributed by atoms with van der Waals surface area (Å²) in [4.78, 5) is 27.9. The number of nitrogens with one attached hydrogen (secondary N) is 1. The maximum Gasteiger partial charge on any atom is 0.306 e. The van der Waals surface area contributed by atoms with Crippen molar-refractivity contribution >= 4 is 33.4 Å². The van der Waals surface area contributed by atoms with Crippen LogP contribution in [-0.4, -0.2) is 28.0 Å². The Morgan fingerprint density at radius 2 is 1.88 bits per heavy atom. The van der Waals surface area contributed by atoms with E-state index in [1.54, 1.807) is 12.1 Å². The zero-order valence-electron chi connectivity index (χ0n) is 14.0. The lowest BCUT2D eigenvalue weighted by molar-refractivity contribution is -0.142. The number of hydrogen-bond donors (Lipinski definition) is 2. The molecule has 0 aliphatic heterocycles. The molecule has 0 spiro atoms. The quantitative estimate of drug-likeness (QED) is 0.726. The van der Waals surface area contributed by atoms with Crippen LogP contribution >= 0.6 is 11.3 Å². The summed E-state index contributed by atoms with van der Waals surface area (Å²) in [5, 5.41) is 12.7. The Balaban J connectivity index is 1.43. The van der Waals surface area contributed by atoms with Crippen LogP contribution in [0.2, 0.25) is 0 Å². The van der Waals surface area contributed by atoms with Crippen LogP contribution in [0, 0.1) is 5.92 Å². The first-order chi connectivity index (χ1) is 12.6. The number of aliphatic carboxylic acids is 1. The van der Waals surface area contributed by atoms with Gasteiger partial charge < -0.3 is 14.8 Å². The van der Waals surface area contributed by atoms with Gasteiger partial charge in [0, 0.05) is 6.04 Å². The van der Waals surface area contributed by atoms with Crippen LogP contribution < -0.4 is 5.32 Å². The zero-order chi connectivity index (χ0) is 18.1. The third-order valence-electron chi connectivity index (χ3n) is 4.75. The predicted octanol–water partition coefficient (Wildman–Crippen LogP) is 3.93. The molecule has 1 amide bonds. The van der Waals surface area contributed by atoms with Gasteiger partial charge in [0.15, 0.2) is 16.5 Å². The number of thiazole rings is 1. The molecule has 26 heavy (non-hydrogen) atoms. The van der Waals surface area contributed by atoms with Gasteiger partial charge in [0.2, 0.25) is 0 Å². The van der Waals surface area contributed by atoms with Crippen molar-refractivity contribution in [2.24, 2.45) is 5.92 Å². The second kappa shape index (κ2) is 6.92. The summed E-state index contributed by atoms with van der Waals surface area (Å²) in [5.74, 6) is -0.486. The SMILES string of the molecule is O=C(NC1CCC(C(=O)O)CC1)c1ccc(-c2nc3ccccc3s2)o1. The zero-order valence-corrected chi connectivity index (χ0v) is 14.8. The number of carbonyl (C=O) groups is 2. The summed E-state index contributed by atoms with van der Waals surface area (Å²) < 4.78 is 6.77. The number of aromatic nitrogens is 1. The van der Waals surface area contributed by atoms with E-state index in [9.17, 15) is 9.59 Å². The number of amides is 1. The number of benzene rings is 1. The molecular formula is C19H18N2O4S. The molecule has 0 atom stereocenters. The molecule has 1 aliphatic carbocycles. The summed E-state index contributed by atoms with van der Waals surface area (Å²) in [6.45, 7) is 0. The minimum atomic E-state index is -0.749. The third kappa shape index (κ3) is 3.35. The van der Waals surface area contributed by atoms with Crippen molar-refractivity contribution < 1.29 is 19.1 Å². The highest BCUT2D eigenvalue weighted by Gasteiger charge is 2.27. The van der Waals surface area contributed by atoms with Crippen LogP contribution in [0.25, 0.3) is 21.0 Å². The Labute approximate surface area is 153 Å². The molecule has 1 aromatic carbocycles. The number of carboxylic acids is 1. The van der Waals surface area contributed by atoms with Crippen LogP contribution in [0.15, 0.2) is 40.8 Å². The smallest absolute Gasteiger partial charge is 0.306 e. The van der Waals surface area contributed by atoms with Crippen LogP contribution in [-0.2, 0) is 4.79 Å². The van der Waals surface area contributed by atoms with Crippen molar-refractivity contribution in [3.05, 3.63) is 42.2 Å². The van der Waals surface area contributed by atoms with Gasteiger partial charge in [0.25, 0.3) is 5.91 Å². The highest BCUT2D eigenvalue weighted by molar-refractivity contribution is 7.21. The molecule has 2 aromatic heterocycles. The number of para-hydroxylation sites is 1. The standard InChI is InChI=1S/C19H18N2O4S/c22-17(20-12-7-5-11(6-8-12)19(23)24)14-9-10-15(25-14)18-21-13-3-1-2-4-16(13)26-18/h1-4,9-12H,5-8H2,(H,20,22)(H,23,24). The number of carboxylic acid groups (broad SMARTS) is 1. The molecule has 0 radical (unpaired) electrons. The Morgan fingerprint density at radius 1 is 1.12 bits per heavy atom. The second-order valence-corrected chi connectivity index (χ2v) is 7.54. The molecule has 3 aromatic rings. The Morgan fingerprint density at radius 3 is 2.62 bits per heavy atom. The number of furan rings is 1. The van der Waals surface area contributed by atoms with Gasteiger partial charge in [0.1, 0.15) is 0 Å². The van der Waals surface area contributed by atoms with Gasteiger partial charge in [-0.15, -0.1) is 11.3 Å². The van der Waals surface area contributed by atoms with Gasteiger partial charge in [-0.05, 0) is 49.9 Å². The predicted molar refractivity (Wildman–Crippen MR) is 98.2 cm³/mol. The minimum Gasteiger partial charge on any atom is -0.481 e. The van der Waals surface area contributed by atoms with Gasteiger partial charge in [-0.3, -0.25) is 9.59 Å². The van der Waals surface area contributed by atoms with Crippen molar-refractivity contribution in [1.29, 1.82) is 0 Å². The summed E-state index contributed by atoms with van der Waals surface area (Å²) in [6.07, 6.45) is 2.53. The highest BCUT2D eigenvalue weighted by atomic mass is 32.1. The van der Waals surface area contributed by atoms with E-state index in [2.05, 4.69) is 10.3 Å². The lowest BCUT2D eigenvalue weighted by Crippen LogP contribution is -2.38. The average molecular weight is 370 g/mol. The van der Waals surface area contributed by atoms with Gasteiger partial charge in [-0.25, -0.2) is 4.98 Å². The molecule has 1 aliphatic rings. The van der Waals surface area contributed by atoms with Gasteiger partial charge in [-0.1, -0.05) is 12.1 Å². The normalized spacial score (nSPS) is 20.2. The fourth-order valence-electron chi connectivity index (χ4n) is 3.29. The topological polar surface area (TPSA) is 92.4 Å². The van der Waals surface area contributed by atoms with Crippen molar-refractivity contribution in [3.63, 3.8) is 0 Å². The minimum absolute atomic E-state index is 0.00546. The Bertz CT molecular complexity index is 920. The highest BCUT2D eigenvalue weighted by Crippen LogP contribution is 2.31. The molecule has 7 heteroatoms. The van der Waals surface area contributed by atoms with Gasteiger partial charge in [-0.2, -0.15) is 0 Å². The second-order valence-electron chi connectivity index (χ2n) is 6.51. The Hall–Kier alpha value is -2.67. The molecule has 2 heterocycles. The van der Waals surface area contributed by atoms with Crippen LogP contribution in [0.3, 0.4) is 0 Å². The third-order valence-corrected chi connectivity index (χ3v) is 5.80. The van der Waals surface area contributed by atoms with Crippen molar-refractivity contribution in [2.45, 2.75) is 31.7 Å². The molecule has 134 valence electrons. The largest absolute Gasteiger partial charge is 0.481 e. The molecule has 0 bridgehead atoms. The fourth-order valence-corrected chi connectivity index (χ4v) is 4.22. The first kappa shape index (κ1) is 16.8. The fraction of sp³-hybridized carbons (Fsp3) is 0.316. The van der Waals surface area contributed by atoms with Crippen LogP contribution in [0.4, 0.5) is 0 Å². The first-order valence-electron chi connectivity index (χ1n) is 8.59. The van der Waals surface area contributed by atoms with E-state index in [0.29, 0.717) is 31.4 Å². The molecule has 1 saturated carbocycles. The molecule has 0 unspecified atom stereocenters. The van der Waals surface area contributed by atoms with Gasteiger partial charge in [0.05, 0.1) is 16.1 Å². The number of hydrogen-bond acceptors (Lipinski definition) is 5.